The molecule has 1 aromatic rings. The first kappa shape index (κ1) is 14.1. The van der Waals surface area contributed by atoms with Crippen molar-refractivity contribution in [2.24, 2.45) is 11.8 Å². The molecule has 1 aliphatic carbocycles. The molecule has 0 saturated heterocycles. The van der Waals surface area contributed by atoms with Crippen LogP contribution in [0.15, 0.2) is 6.07 Å². The molecule has 1 fully saturated rings. The highest BCUT2D eigenvalue weighted by molar-refractivity contribution is 5.70. The van der Waals surface area contributed by atoms with E-state index in [1.807, 2.05) is 24.6 Å². The number of carbonyl (C=O) groups is 1. The molecule has 1 aromatic heterocycles. The summed E-state index contributed by atoms with van der Waals surface area (Å²) in [6, 6.07) is 2.05. The second-order valence-electron chi connectivity index (χ2n) is 5.85. The SMILES string of the molecule is CCCC1CCC(C(=O)O)C(n2nc(C)cc2C)C1. The lowest BCUT2D eigenvalue weighted by Gasteiger charge is -2.34. The molecule has 1 N–H and O–H groups in total. The summed E-state index contributed by atoms with van der Waals surface area (Å²) in [5, 5.41) is 14.0. The Hall–Kier alpha value is -1.32. The fourth-order valence-electron chi connectivity index (χ4n) is 3.44. The van der Waals surface area contributed by atoms with Crippen LogP contribution in [0.25, 0.3) is 0 Å². The van der Waals surface area contributed by atoms with Crippen LogP contribution in [0.4, 0.5) is 0 Å². The Morgan fingerprint density at radius 2 is 2.21 bits per heavy atom. The van der Waals surface area contributed by atoms with Gasteiger partial charge in [0.25, 0.3) is 0 Å². The van der Waals surface area contributed by atoms with Crippen molar-refractivity contribution in [3.05, 3.63) is 17.5 Å². The molecule has 4 heteroatoms. The normalized spacial score (nSPS) is 27.4. The maximum atomic E-state index is 11.5. The highest BCUT2D eigenvalue weighted by Crippen LogP contribution is 2.39. The number of nitrogens with zero attached hydrogens (tertiary/aromatic N) is 2. The summed E-state index contributed by atoms with van der Waals surface area (Å²) in [6.45, 7) is 6.18. The van der Waals surface area contributed by atoms with Crippen molar-refractivity contribution in [3.63, 3.8) is 0 Å². The number of hydrogen-bond donors (Lipinski definition) is 1. The van der Waals surface area contributed by atoms with Crippen molar-refractivity contribution >= 4 is 5.97 Å². The highest BCUT2D eigenvalue weighted by Gasteiger charge is 2.36. The fourth-order valence-corrected chi connectivity index (χ4v) is 3.44. The van der Waals surface area contributed by atoms with E-state index in [4.69, 9.17) is 0 Å². The van der Waals surface area contributed by atoms with Gasteiger partial charge in [0.15, 0.2) is 0 Å². The van der Waals surface area contributed by atoms with Gasteiger partial charge in [-0.05, 0) is 45.1 Å². The lowest BCUT2D eigenvalue weighted by Crippen LogP contribution is -2.33. The predicted octanol–water partition coefficient (Wildman–Crippen LogP) is 3.34. The van der Waals surface area contributed by atoms with Gasteiger partial charge in [0.05, 0.1) is 17.7 Å². The van der Waals surface area contributed by atoms with Crippen LogP contribution < -0.4 is 0 Å². The third kappa shape index (κ3) is 2.99. The quantitative estimate of drug-likeness (QED) is 0.907. The Kier molecular flexibility index (Phi) is 4.27. The first-order chi connectivity index (χ1) is 9.02. The summed E-state index contributed by atoms with van der Waals surface area (Å²) in [6.07, 6.45) is 5.14. The van der Waals surface area contributed by atoms with Crippen LogP contribution in [-0.2, 0) is 4.79 Å². The van der Waals surface area contributed by atoms with E-state index >= 15 is 0 Å². The van der Waals surface area contributed by atoms with Crippen LogP contribution in [-0.4, -0.2) is 20.9 Å². The molecule has 0 aromatic carbocycles. The zero-order valence-corrected chi connectivity index (χ0v) is 12.1. The van der Waals surface area contributed by atoms with Gasteiger partial charge in [-0.3, -0.25) is 9.48 Å². The van der Waals surface area contributed by atoms with Gasteiger partial charge in [0.1, 0.15) is 0 Å². The standard InChI is InChI=1S/C15H24N2O2/c1-4-5-12-6-7-13(15(18)19)14(9-12)17-11(3)8-10(2)16-17/h8,12-14H,4-7,9H2,1-3H3,(H,18,19). The maximum absolute atomic E-state index is 11.5. The summed E-state index contributed by atoms with van der Waals surface area (Å²) in [5.74, 6) is -0.312. The van der Waals surface area contributed by atoms with Gasteiger partial charge in [-0.1, -0.05) is 19.8 Å². The number of hydrogen-bond acceptors (Lipinski definition) is 2. The van der Waals surface area contributed by atoms with Crippen LogP contribution in [0.3, 0.4) is 0 Å². The van der Waals surface area contributed by atoms with Crippen LogP contribution in [0.5, 0.6) is 0 Å². The molecule has 2 rings (SSSR count). The molecule has 106 valence electrons. The van der Waals surface area contributed by atoms with Crippen LogP contribution in [0.1, 0.15) is 56.5 Å². The Morgan fingerprint density at radius 1 is 1.47 bits per heavy atom. The minimum absolute atomic E-state index is 0.0245. The van der Waals surface area contributed by atoms with E-state index in [-0.39, 0.29) is 12.0 Å². The Balaban J connectivity index is 2.25. The van der Waals surface area contributed by atoms with E-state index in [1.165, 1.54) is 12.8 Å². The van der Waals surface area contributed by atoms with Crippen molar-refractivity contribution in [1.82, 2.24) is 9.78 Å². The van der Waals surface area contributed by atoms with E-state index in [9.17, 15) is 9.90 Å². The molecular formula is C15H24N2O2. The van der Waals surface area contributed by atoms with Crippen LogP contribution in [0, 0.1) is 25.7 Å². The number of carboxylic acid groups (broad SMARTS) is 1. The third-order valence-electron chi connectivity index (χ3n) is 4.30. The van der Waals surface area contributed by atoms with E-state index < -0.39 is 5.97 Å². The number of aliphatic carboxylic acids is 1. The molecule has 1 heterocycles. The second-order valence-corrected chi connectivity index (χ2v) is 5.85. The molecule has 19 heavy (non-hydrogen) atoms. The van der Waals surface area contributed by atoms with Gasteiger partial charge < -0.3 is 5.11 Å². The third-order valence-corrected chi connectivity index (χ3v) is 4.30. The zero-order chi connectivity index (χ0) is 14.0. The molecular weight excluding hydrogens is 240 g/mol. The Labute approximate surface area is 114 Å². The Morgan fingerprint density at radius 3 is 2.74 bits per heavy atom. The van der Waals surface area contributed by atoms with Crippen molar-refractivity contribution in [1.29, 1.82) is 0 Å². The van der Waals surface area contributed by atoms with Crippen molar-refractivity contribution in [3.8, 4) is 0 Å². The van der Waals surface area contributed by atoms with Gasteiger partial charge in [-0.25, -0.2) is 0 Å². The summed E-state index contributed by atoms with van der Waals surface area (Å²) in [4.78, 5) is 11.5. The smallest absolute Gasteiger partial charge is 0.308 e. The van der Waals surface area contributed by atoms with Gasteiger partial charge in [-0.15, -0.1) is 0 Å². The van der Waals surface area contributed by atoms with Gasteiger partial charge in [0, 0.05) is 5.69 Å². The first-order valence-corrected chi connectivity index (χ1v) is 7.28. The molecule has 0 radical (unpaired) electrons. The largest absolute Gasteiger partial charge is 0.481 e. The predicted molar refractivity (Wildman–Crippen MR) is 74.1 cm³/mol. The average molecular weight is 264 g/mol. The zero-order valence-electron chi connectivity index (χ0n) is 12.1. The summed E-state index contributed by atoms with van der Waals surface area (Å²) in [5.41, 5.74) is 2.05. The van der Waals surface area contributed by atoms with Crippen molar-refractivity contribution in [2.45, 2.75) is 58.9 Å². The topological polar surface area (TPSA) is 55.1 Å². The van der Waals surface area contributed by atoms with E-state index in [0.717, 1.165) is 30.7 Å². The van der Waals surface area contributed by atoms with Gasteiger partial charge >= 0.3 is 5.97 Å². The fraction of sp³-hybridized carbons (Fsp3) is 0.733. The number of carboxylic acids is 1. The average Bonchev–Trinajstić information content (AvgIpc) is 2.68. The van der Waals surface area contributed by atoms with Gasteiger partial charge in [0.2, 0.25) is 0 Å². The Bertz CT molecular complexity index is 453. The molecule has 0 bridgehead atoms. The molecule has 3 unspecified atom stereocenters. The van der Waals surface area contributed by atoms with E-state index in [2.05, 4.69) is 12.0 Å². The van der Waals surface area contributed by atoms with E-state index in [0.29, 0.717) is 5.92 Å². The lowest BCUT2D eigenvalue weighted by atomic mass is 9.76. The summed E-state index contributed by atoms with van der Waals surface area (Å²) >= 11 is 0. The van der Waals surface area contributed by atoms with Crippen LogP contribution >= 0.6 is 0 Å². The number of rotatable bonds is 4. The molecule has 1 saturated carbocycles. The monoisotopic (exact) mass is 264 g/mol. The number of aromatic nitrogens is 2. The minimum atomic E-state index is -0.674. The second kappa shape index (κ2) is 5.76. The highest BCUT2D eigenvalue weighted by atomic mass is 16.4. The van der Waals surface area contributed by atoms with Crippen molar-refractivity contribution < 1.29 is 9.90 Å². The number of aryl methyl sites for hydroxylation is 2. The van der Waals surface area contributed by atoms with Gasteiger partial charge in [-0.2, -0.15) is 5.10 Å². The van der Waals surface area contributed by atoms with E-state index in [1.54, 1.807) is 0 Å². The molecule has 1 aliphatic rings. The molecule has 4 nitrogen and oxygen atoms in total. The van der Waals surface area contributed by atoms with Crippen LogP contribution in [0.2, 0.25) is 0 Å². The molecule has 3 atom stereocenters. The molecule has 0 amide bonds. The lowest BCUT2D eigenvalue weighted by molar-refractivity contribution is -0.145. The molecule has 0 aliphatic heterocycles. The van der Waals surface area contributed by atoms with Crippen molar-refractivity contribution in [2.75, 3.05) is 0 Å². The first-order valence-electron chi connectivity index (χ1n) is 7.28. The maximum Gasteiger partial charge on any atom is 0.308 e. The summed E-state index contributed by atoms with van der Waals surface area (Å²) in [7, 11) is 0. The minimum Gasteiger partial charge on any atom is -0.481 e. The molecule has 0 spiro atoms. The summed E-state index contributed by atoms with van der Waals surface area (Å²) < 4.78 is 1.95.